The van der Waals surface area contributed by atoms with Gasteiger partial charge in [-0.3, -0.25) is 0 Å². The van der Waals surface area contributed by atoms with E-state index in [2.05, 4.69) is 31.2 Å². The van der Waals surface area contributed by atoms with Crippen molar-refractivity contribution in [2.45, 2.75) is 63.7 Å². The van der Waals surface area contributed by atoms with Crippen LogP contribution >= 0.6 is 0 Å². The Morgan fingerprint density at radius 1 is 1.32 bits per heavy atom. The minimum atomic E-state index is 0.543. The molecule has 3 aliphatic rings. The summed E-state index contributed by atoms with van der Waals surface area (Å²) in [4.78, 5) is 0. The predicted molar refractivity (Wildman–Crippen MR) is 80.5 cm³/mol. The molecule has 1 saturated carbocycles. The molecule has 0 aliphatic heterocycles. The van der Waals surface area contributed by atoms with Gasteiger partial charge < -0.3 is 0 Å². The molecule has 1 fully saturated rings. The van der Waals surface area contributed by atoms with Crippen LogP contribution in [-0.2, 0) is 18.3 Å². The Morgan fingerprint density at radius 3 is 3.00 bits per heavy atom. The molecule has 0 heterocycles. The maximum absolute atomic E-state index is 2.53. The highest BCUT2D eigenvalue weighted by molar-refractivity contribution is 5.47. The monoisotopic (exact) mass is 252 g/mol. The Balaban J connectivity index is 1.83. The first-order chi connectivity index (χ1) is 9.33. The first-order valence-electron chi connectivity index (χ1n) is 8.12. The van der Waals surface area contributed by atoms with Crippen LogP contribution in [0, 0.1) is 5.92 Å². The zero-order chi connectivity index (χ0) is 12.9. The van der Waals surface area contributed by atoms with Crippen LogP contribution in [0.15, 0.2) is 29.8 Å². The minimum absolute atomic E-state index is 0.543. The second-order valence-electron chi connectivity index (χ2n) is 6.88. The summed E-state index contributed by atoms with van der Waals surface area (Å²) in [7, 11) is 0. The molecule has 2 atom stereocenters. The fraction of sp³-hybridized carbons (Fsp3) is 0.579. The van der Waals surface area contributed by atoms with E-state index < -0.39 is 0 Å². The molecule has 0 aromatic heterocycles. The van der Waals surface area contributed by atoms with E-state index in [1.165, 1.54) is 51.4 Å². The van der Waals surface area contributed by atoms with Crippen LogP contribution in [0.25, 0.3) is 0 Å². The van der Waals surface area contributed by atoms with Crippen molar-refractivity contribution in [3.8, 4) is 0 Å². The third-order valence-corrected chi connectivity index (χ3v) is 5.90. The quantitative estimate of drug-likeness (QED) is 0.653. The number of rotatable bonds is 2. The normalized spacial score (nSPS) is 31.6. The summed E-state index contributed by atoms with van der Waals surface area (Å²) in [6.07, 6.45) is 13.4. The van der Waals surface area contributed by atoms with Gasteiger partial charge >= 0.3 is 0 Å². The largest absolute Gasteiger partial charge is 0.0850 e. The Kier molecular flexibility index (Phi) is 2.62. The van der Waals surface area contributed by atoms with Crippen LogP contribution in [0.2, 0.25) is 0 Å². The van der Waals surface area contributed by atoms with Gasteiger partial charge in [-0.1, -0.05) is 43.2 Å². The lowest BCUT2D eigenvalue weighted by Gasteiger charge is -2.42. The molecule has 1 aromatic carbocycles. The summed E-state index contributed by atoms with van der Waals surface area (Å²) in [5, 5.41) is 0. The molecule has 0 N–H and O–H groups in total. The second kappa shape index (κ2) is 4.23. The van der Waals surface area contributed by atoms with Crippen LogP contribution in [-0.4, -0.2) is 0 Å². The topological polar surface area (TPSA) is 0 Å². The van der Waals surface area contributed by atoms with Crippen LogP contribution in [0.5, 0.6) is 0 Å². The van der Waals surface area contributed by atoms with Gasteiger partial charge in [0.2, 0.25) is 0 Å². The summed E-state index contributed by atoms with van der Waals surface area (Å²) in [6.45, 7) is 2.31. The Morgan fingerprint density at radius 2 is 2.26 bits per heavy atom. The van der Waals surface area contributed by atoms with Gasteiger partial charge in [0.05, 0.1) is 0 Å². The van der Waals surface area contributed by atoms with Gasteiger partial charge in [-0.05, 0) is 67.6 Å². The maximum atomic E-state index is 2.53. The van der Waals surface area contributed by atoms with Crippen molar-refractivity contribution in [1.29, 1.82) is 0 Å². The van der Waals surface area contributed by atoms with E-state index in [9.17, 15) is 0 Å². The van der Waals surface area contributed by atoms with Crippen molar-refractivity contribution in [2.75, 3.05) is 0 Å². The molecular formula is C19H24. The lowest BCUT2D eigenvalue weighted by molar-refractivity contribution is 0.269. The van der Waals surface area contributed by atoms with Gasteiger partial charge in [-0.2, -0.15) is 0 Å². The van der Waals surface area contributed by atoms with Gasteiger partial charge in [-0.25, -0.2) is 0 Å². The molecule has 2 bridgehead atoms. The molecular weight excluding hydrogens is 228 g/mol. The average Bonchev–Trinajstić information content (AvgIpc) is 3.01. The van der Waals surface area contributed by atoms with Gasteiger partial charge in [0.25, 0.3) is 0 Å². The molecule has 0 amide bonds. The summed E-state index contributed by atoms with van der Waals surface area (Å²) >= 11 is 0. The molecule has 1 spiro atoms. The highest BCUT2D eigenvalue weighted by Gasteiger charge is 2.49. The second-order valence-corrected chi connectivity index (χ2v) is 6.88. The highest BCUT2D eigenvalue weighted by Crippen LogP contribution is 2.58. The summed E-state index contributed by atoms with van der Waals surface area (Å²) in [5.74, 6) is 0.929. The maximum Gasteiger partial charge on any atom is 0.00273 e. The molecule has 100 valence electrons. The average molecular weight is 252 g/mol. The molecule has 19 heavy (non-hydrogen) atoms. The molecule has 0 nitrogen and oxygen atoms in total. The van der Waals surface area contributed by atoms with Gasteiger partial charge in [0.15, 0.2) is 0 Å². The van der Waals surface area contributed by atoms with Crippen LogP contribution < -0.4 is 0 Å². The number of aryl methyl sites for hydroxylation is 1. The molecule has 1 aromatic rings. The first-order valence-corrected chi connectivity index (χ1v) is 8.12. The number of fused-ring (bicyclic) bond motifs is 5. The first kappa shape index (κ1) is 11.8. The standard InChI is InChI=1S/C19H24/c1-2-5-15-6-3-8-18-17(15)7-4-11-19(18)13-14-9-10-16(19)12-14/h3,6,8-9,16H,2,4-5,7,10-13H2,1H3. The van der Waals surface area contributed by atoms with Crippen molar-refractivity contribution in [3.05, 3.63) is 46.5 Å². The van der Waals surface area contributed by atoms with Gasteiger partial charge in [0, 0.05) is 5.41 Å². The minimum Gasteiger partial charge on any atom is -0.0850 e. The highest BCUT2D eigenvalue weighted by atomic mass is 14.5. The summed E-state index contributed by atoms with van der Waals surface area (Å²) in [5.41, 5.74) is 7.44. The van der Waals surface area contributed by atoms with Crippen molar-refractivity contribution < 1.29 is 0 Å². The molecule has 0 radical (unpaired) electrons. The van der Waals surface area contributed by atoms with E-state index in [0.29, 0.717) is 5.41 Å². The lowest BCUT2D eigenvalue weighted by Crippen LogP contribution is -2.35. The molecule has 0 heteroatoms. The van der Waals surface area contributed by atoms with Crippen LogP contribution in [0.4, 0.5) is 0 Å². The summed E-state index contributed by atoms with van der Waals surface area (Å²) < 4.78 is 0. The number of hydrogen-bond donors (Lipinski definition) is 0. The van der Waals surface area contributed by atoms with E-state index in [-0.39, 0.29) is 0 Å². The number of hydrogen-bond acceptors (Lipinski definition) is 0. The van der Waals surface area contributed by atoms with E-state index >= 15 is 0 Å². The molecule has 2 unspecified atom stereocenters. The molecule has 0 saturated heterocycles. The van der Waals surface area contributed by atoms with Crippen LogP contribution in [0.1, 0.15) is 62.1 Å². The van der Waals surface area contributed by atoms with Crippen molar-refractivity contribution in [2.24, 2.45) is 5.92 Å². The Bertz CT molecular complexity index is 537. The fourth-order valence-electron chi connectivity index (χ4n) is 5.13. The smallest absolute Gasteiger partial charge is 0.00273 e. The van der Waals surface area contributed by atoms with E-state index in [1.807, 2.05) is 0 Å². The predicted octanol–water partition coefficient (Wildman–Crippen LogP) is 4.95. The van der Waals surface area contributed by atoms with Crippen LogP contribution in [0.3, 0.4) is 0 Å². The molecule has 4 rings (SSSR count). The Labute approximate surface area is 116 Å². The zero-order valence-electron chi connectivity index (χ0n) is 12.0. The fourth-order valence-corrected chi connectivity index (χ4v) is 5.13. The SMILES string of the molecule is CCCc1cccc2c1CCCC21CC2=CCC1C2. The third-order valence-electron chi connectivity index (χ3n) is 5.90. The van der Waals surface area contributed by atoms with Crippen molar-refractivity contribution in [1.82, 2.24) is 0 Å². The van der Waals surface area contributed by atoms with E-state index in [0.717, 1.165) is 5.92 Å². The van der Waals surface area contributed by atoms with Crippen molar-refractivity contribution in [3.63, 3.8) is 0 Å². The van der Waals surface area contributed by atoms with E-state index in [1.54, 1.807) is 22.3 Å². The lowest BCUT2D eigenvalue weighted by atomic mass is 9.62. The summed E-state index contributed by atoms with van der Waals surface area (Å²) in [6, 6.07) is 7.18. The number of allylic oxidation sites excluding steroid dienone is 2. The van der Waals surface area contributed by atoms with Gasteiger partial charge in [-0.15, -0.1) is 0 Å². The number of benzene rings is 1. The van der Waals surface area contributed by atoms with Gasteiger partial charge in [0.1, 0.15) is 0 Å². The Hall–Kier alpha value is -1.04. The third kappa shape index (κ3) is 1.58. The van der Waals surface area contributed by atoms with Crippen molar-refractivity contribution >= 4 is 0 Å². The zero-order valence-corrected chi connectivity index (χ0v) is 12.0. The molecule has 3 aliphatic carbocycles. The van der Waals surface area contributed by atoms with E-state index in [4.69, 9.17) is 0 Å².